The number of rotatable bonds is 2. The number of hydrogen-bond acceptors (Lipinski definition) is 1. The Morgan fingerprint density at radius 2 is 2.14 bits per heavy atom. The van der Waals surface area contributed by atoms with Crippen molar-refractivity contribution in [2.24, 2.45) is 11.7 Å². The third-order valence-electron chi connectivity index (χ3n) is 2.78. The first-order valence-corrected chi connectivity index (χ1v) is 5.19. The van der Waals surface area contributed by atoms with E-state index in [1.807, 2.05) is 0 Å². The molecule has 2 rings (SSSR count). The predicted octanol–water partition coefficient (Wildman–Crippen LogP) is 3.20. The molecular formula is C11H13ClFN. The normalized spacial score (nSPS) is 18.3. The van der Waals surface area contributed by atoms with Crippen molar-refractivity contribution in [1.29, 1.82) is 0 Å². The van der Waals surface area contributed by atoms with E-state index in [1.54, 1.807) is 19.1 Å². The van der Waals surface area contributed by atoms with Gasteiger partial charge in [0.1, 0.15) is 5.82 Å². The molecule has 1 atom stereocenters. The molecule has 0 amide bonds. The highest BCUT2D eigenvalue weighted by atomic mass is 35.5. The van der Waals surface area contributed by atoms with Crippen LogP contribution >= 0.6 is 11.6 Å². The van der Waals surface area contributed by atoms with Gasteiger partial charge < -0.3 is 5.73 Å². The van der Waals surface area contributed by atoms with Crippen LogP contribution in [0.3, 0.4) is 0 Å². The second-order valence-corrected chi connectivity index (χ2v) is 4.36. The van der Waals surface area contributed by atoms with Gasteiger partial charge in [-0.25, -0.2) is 4.39 Å². The lowest BCUT2D eigenvalue weighted by atomic mass is 10.0. The Hall–Kier alpha value is -0.600. The molecule has 76 valence electrons. The van der Waals surface area contributed by atoms with Crippen LogP contribution in [0.15, 0.2) is 12.1 Å². The number of halogens is 2. The van der Waals surface area contributed by atoms with Crippen LogP contribution in [0.5, 0.6) is 0 Å². The fourth-order valence-corrected chi connectivity index (χ4v) is 1.95. The molecule has 0 spiro atoms. The Labute approximate surface area is 88.1 Å². The van der Waals surface area contributed by atoms with Crippen molar-refractivity contribution in [2.75, 3.05) is 0 Å². The van der Waals surface area contributed by atoms with Crippen molar-refractivity contribution in [3.05, 3.63) is 34.1 Å². The molecule has 0 heterocycles. The van der Waals surface area contributed by atoms with Crippen LogP contribution in [0.4, 0.5) is 4.39 Å². The van der Waals surface area contributed by atoms with Gasteiger partial charge in [-0.1, -0.05) is 17.7 Å². The maximum Gasteiger partial charge on any atom is 0.132 e. The van der Waals surface area contributed by atoms with Crippen LogP contribution in [-0.4, -0.2) is 0 Å². The molecule has 0 aromatic heterocycles. The Morgan fingerprint density at radius 1 is 1.50 bits per heavy atom. The smallest absolute Gasteiger partial charge is 0.132 e. The average Bonchev–Trinajstić information content (AvgIpc) is 2.95. The largest absolute Gasteiger partial charge is 0.324 e. The molecule has 0 saturated heterocycles. The maximum absolute atomic E-state index is 13.7. The minimum Gasteiger partial charge on any atom is -0.324 e. The third kappa shape index (κ3) is 1.64. The summed E-state index contributed by atoms with van der Waals surface area (Å²) < 4.78 is 13.7. The molecule has 0 aliphatic heterocycles. The van der Waals surface area contributed by atoms with E-state index in [0.29, 0.717) is 22.1 Å². The Bertz CT molecular complexity index is 361. The summed E-state index contributed by atoms with van der Waals surface area (Å²) in [5.74, 6) is 0.181. The van der Waals surface area contributed by atoms with Gasteiger partial charge in [-0.05, 0) is 37.3 Å². The van der Waals surface area contributed by atoms with Crippen LogP contribution in [0.1, 0.15) is 30.0 Å². The van der Waals surface area contributed by atoms with E-state index in [4.69, 9.17) is 17.3 Å². The zero-order chi connectivity index (χ0) is 10.3. The molecule has 0 unspecified atom stereocenters. The Morgan fingerprint density at radius 3 is 2.71 bits per heavy atom. The van der Waals surface area contributed by atoms with E-state index in [9.17, 15) is 4.39 Å². The summed E-state index contributed by atoms with van der Waals surface area (Å²) in [6.45, 7) is 1.73. The summed E-state index contributed by atoms with van der Waals surface area (Å²) in [7, 11) is 0. The molecule has 1 aromatic rings. The molecule has 14 heavy (non-hydrogen) atoms. The van der Waals surface area contributed by atoms with Crippen LogP contribution in [0.25, 0.3) is 0 Å². The second-order valence-electron chi connectivity index (χ2n) is 3.96. The van der Waals surface area contributed by atoms with Gasteiger partial charge in [-0.15, -0.1) is 0 Å². The number of nitrogens with two attached hydrogens (primary N) is 1. The molecule has 1 aliphatic rings. The molecule has 1 fully saturated rings. The molecule has 1 aliphatic carbocycles. The summed E-state index contributed by atoms with van der Waals surface area (Å²) in [5.41, 5.74) is 7.05. The standard InChI is InChI=1S/C11H13ClFN/c1-6-2-5-8(12)9(10(6)13)11(14)7-3-4-7/h2,5,7,11H,3-4,14H2,1H3/t11-/m1/s1. The molecule has 0 bridgehead atoms. The highest BCUT2D eigenvalue weighted by Crippen LogP contribution is 2.42. The van der Waals surface area contributed by atoms with E-state index >= 15 is 0 Å². The molecular weight excluding hydrogens is 201 g/mol. The van der Waals surface area contributed by atoms with Gasteiger partial charge in [0.05, 0.1) is 0 Å². The van der Waals surface area contributed by atoms with Gasteiger partial charge in [0, 0.05) is 16.6 Å². The van der Waals surface area contributed by atoms with Crippen molar-refractivity contribution in [3.63, 3.8) is 0 Å². The zero-order valence-electron chi connectivity index (χ0n) is 8.06. The first-order valence-electron chi connectivity index (χ1n) is 4.81. The van der Waals surface area contributed by atoms with Crippen LogP contribution in [0, 0.1) is 18.7 Å². The SMILES string of the molecule is Cc1ccc(Cl)c([C@H](N)C2CC2)c1F. The van der Waals surface area contributed by atoms with Crippen LogP contribution in [-0.2, 0) is 0 Å². The molecule has 1 aromatic carbocycles. The van der Waals surface area contributed by atoms with E-state index in [-0.39, 0.29) is 11.9 Å². The van der Waals surface area contributed by atoms with Gasteiger partial charge in [0.15, 0.2) is 0 Å². The second kappa shape index (κ2) is 3.52. The van der Waals surface area contributed by atoms with E-state index in [2.05, 4.69) is 0 Å². The Balaban J connectivity index is 2.43. The summed E-state index contributed by atoms with van der Waals surface area (Å²) in [6.07, 6.45) is 2.18. The zero-order valence-corrected chi connectivity index (χ0v) is 8.81. The summed E-state index contributed by atoms with van der Waals surface area (Å²) in [5, 5.41) is 0.451. The van der Waals surface area contributed by atoms with Crippen molar-refractivity contribution in [2.45, 2.75) is 25.8 Å². The van der Waals surface area contributed by atoms with Gasteiger partial charge in [-0.2, -0.15) is 0 Å². The highest BCUT2D eigenvalue weighted by Gasteiger charge is 2.32. The molecule has 1 nitrogen and oxygen atoms in total. The first-order chi connectivity index (χ1) is 6.61. The van der Waals surface area contributed by atoms with Crippen molar-refractivity contribution < 1.29 is 4.39 Å². The fraction of sp³-hybridized carbons (Fsp3) is 0.455. The van der Waals surface area contributed by atoms with Crippen LogP contribution < -0.4 is 5.73 Å². The summed E-state index contributed by atoms with van der Waals surface area (Å²) >= 11 is 5.95. The van der Waals surface area contributed by atoms with Gasteiger partial charge >= 0.3 is 0 Å². The predicted molar refractivity (Wildman–Crippen MR) is 55.8 cm³/mol. The van der Waals surface area contributed by atoms with Crippen molar-refractivity contribution in [3.8, 4) is 0 Å². The van der Waals surface area contributed by atoms with E-state index in [0.717, 1.165) is 12.8 Å². The molecule has 3 heteroatoms. The number of benzene rings is 1. The third-order valence-corrected chi connectivity index (χ3v) is 3.11. The maximum atomic E-state index is 13.7. The minimum absolute atomic E-state index is 0.234. The molecule has 0 radical (unpaired) electrons. The lowest BCUT2D eigenvalue weighted by Gasteiger charge is -2.14. The number of hydrogen-bond donors (Lipinski definition) is 1. The summed E-state index contributed by atoms with van der Waals surface area (Å²) in [4.78, 5) is 0. The van der Waals surface area contributed by atoms with Crippen LogP contribution in [0.2, 0.25) is 5.02 Å². The van der Waals surface area contributed by atoms with E-state index in [1.165, 1.54) is 0 Å². The number of aryl methyl sites for hydroxylation is 1. The monoisotopic (exact) mass is 213 g/mol. The molecule has 1 saturated carbocycles. The lowest BCUT2D eigenvalue weighted by Crippen LogP contribution is -2.15. The van der Waals surface area contributed by atoms with Crippen molar-refractivity contribution >= 4 is 11.6 Å². The van der Waals surface area contributed by atoms with Gasteiger partial charge in [-0.3, -0.25) is 0 Å². The van der Waals surface area contributed by atoms with Gasteiger partial charge in [0.25, 0.3) is 0 Å². The quantitative estimate of drug-likeness (QED) is 0.802. The fourth-order valence-electron chi connectivity index (χ4n) is 1.67. The summed E-state index contributed by atoms with van der Waals surface area (Å²) in [6, 6.07) is 3.17. The topological polar surface area (TPSA) is 26.0 Å². The van der Waals surface area contributed by atoms with Gasteiger partial charge in [0.2, 0.25) is 0 Å². The first kappa shape index (κ1) is 9.94. The van der Waals surface area contributed by atoms with Crippen molar-refractivity contribution in [1.82, 2.24) is 0 Å². The Kier molecular flexibility index (Phi) is 2.50. The highest BCUT2D eigenvalue weighted by molar-refractivity contribution is 6.31. The lowest BCUT2D eigenvalue weighted by molar-refractivity contribution is 0.548. The minimum atomic E-state index is -0.239. The van der Waals surface area contributed by atoms with E-state index < -0.39 is 0 Å². The molecule has 2 N–H and O–H groups in total. The average molecular weight is 214 g/mol.